The number of hydrogen-bond donors (Lipinski definition) is 3. The van der Waals surface area contributed by atoms with Crippen LogP contribution in [0.1, 0.15) is 12.8 Å². The molecule has 1 fully saturated rings. The highest BCUT2D eigenvalue weighted by atomic mass is 16.2. The van der Waals surface area contributed by atoms with Crippen molar-refractivity contribution < 1.29 is 0 Å². The van der Waals surface area contributed by atoms with E-state index in [2.05, 4.69) is 15.0 Å². The fourth-order valence-corrected chi connectivity index (χ4v) is 1.83. The van der Waals surface area contributed by atoms with Crippen LogP contribution in [-0.2, 0) is 6.54 Å². The van der Waals surface area contributed by atoms with Gasteiger partial charge in [-0.1, -0.05) is 0 Å². The predicted molar refractivity (Wildman–Crippen MR) is 58.1 cm³/mol. The molecule has 0 saturated heterocycles. The van der Waals surface area contributed by atoms with Crippen LogP contribution in [0.5, 0.6) is 0 Å². The van der Waals surface area contributed by atoms with E-state index in [0.717, 1.165) is 12.8 Å². The van der Waals surface area contributed by atoms with Crippen molar-refractivity contribution in [1.29, 1.82) is 0 Å². The monoisotopic (exact) mass is 221 g/mol. The summed E-state index contributed by atoms with van der Waals surface area (Å²) >= 11 is 0. The van der Waals surface area contributed by atoms with Crippen LogP contribution < -0.4 is 17.0 Å². The number of fused-ring (bicyclic) bond motifs is 1. The fourth-order valence-electron chi connectivity index (χ4n) is 1.83. The van der Waals surface area contributed by atoms with Crippen LogP contribution in [0, 0.1) is 5.92 Å². The number of H-pyrrole nitrogens is 2. The Kier molecular flexibility index (Phi) is 1.71. The highest BCUT2D eigenvalue weighted by molar-refractivity contribution is 5.70. The first-order valence-electron chi connectivity index (χ1n) is 5.13. The van der Waals surface area contributed by atoms with Gasteiger partial charge in [0.2, 0.25) is 5.95 Å². The number of hydrogen-bond acceptors (Lipinski definition) is 4. The summed E-state index contributed by atoms with van der Waals surface area (Å²) in [6.45, 7) is 0.577. The van der Waals surface area contributed by atoms with Crippen molar-refractivity contribution >= 4 is 17.1 Å². The highest BCUT2D eigenvalue weighted by Crippen LogP contribution is 2.30. The quantitative estimate of drug-likeness (QED) is 0.629. The van der Waals surface area contributed by atoms with Crippen molar-refractivity contribution in [2.24, 2.45) is 5.92 Å². The number of nitrogens with one attached hydrogen (secondary N) is 2. The first-order valence-corrected chi connectivity index (χ1v) is 5.13. The van der Waals surface area contributed by atoms with Crippen LogP contribution in [-0.4, -0.2) is 19.5 Å². The van der Waals surface area contributed by atoms with E-state index in [4.69, 9.17) is 5.73 Å². The van der Waals surface area contributed by atoms with Gasteiger partial charge in [0.1, 0.15) is 0 Å². The number of imidazole rings is 1. The second-order valence-corrected chi connectivity index (χ2v) is 4.13. The molecule has 0 bridgehead atoms. The van der Waals surface area contributed by atoms with E-state index in [-0.39, 0.29) is 28.4 Å². The van der Waals surface area contributed by atoms with Crippen molar-refractivity contribution in [2.45, 2.75) is 19.4 Å². The summed E-state index contributed by atoms with van der Waals surface area (Å²) < 4.78 is 1.44. The van der Waals surface area contributed by atoms with E-state index in [0.29, 0.717) is 12.5 Å². The molecule has 2 heterocycles. The Morgan fingerprint density at radius 2 is 2.12 bits per heavy atom. The molecule has 0 aliphatic heterocycles. The zero-order valence-corrected chi connectivity index (χ0v) is 8.49. The Bertz CT molecular complexity index is 661. The van der Waals surface area contributed by atoms with E-state index < -0.39 is 0 Å². The Morgan fingerprint density at radius 3 is 2.81 bits per heavy atom. The van der Waals surface area contributed by atoms with Gasteiger partial charge in [0.25, 0.3) is 5.56 Å². The van der Waals surface area contributed by atoms with Gasteiger partial charge in [-0.15, -0.1) is 0 Å². The third-order valence-corrected chi connectivity index (χ3v) is 2.79. The molecule has 0 unspecified atom stereocenters. The third-order valence-electron chi connectivity index (χ3n) is 2.79. The summed E-state index contributed by atoms with van der Waals surface area (Å²) in [6.07, 6.45) is 2.22. The maximum absolute atomic E-state index is 11.7. The van der Waals surface area contributed by atoms with Crippen LogP contribution in [0.15, 0.2) is 9.59 Å². The minimum absolute atomic E-state index is 0.0114. The molecular formula is C9H11N5O2. The summed E-state index contributed by atoms with van der Waals surface area (Å²) in [6, 6.07) is 0. The molecule has 0 atom stereocenters. The molecule has 7 nitrogen and oxygen atoms in total. The van der Waals surface area contributed by atoms with E-state index in [1.54, 1.807) is 0 Å². The molecule has 2 aromatic heterocycles. The largest absolute Gasteiger partial charge is 0.369 e. The summed E-state index contributed by atoms with van der Waals surface area (Å²) in [5, 5.41) is 0. The maximum atomic E-state index is 11.7. The number of rotatable bonds is 2. The Labute approximate surface area is 89.3 Å². The zero-order valence-electron chi connectivity index (χ0n) is 8.49. The molecule has 4 N–H and O–H groups in total. The van der Waals surface area contributed by atoms with Gasteiger partial charge in [-0.2, -0.15) is 4.98 Å². The number of aromatic amines is 2. The lowest BCUT2D eigenvalue weighted by Crippen LogP contribution is -2.21. The maximum Gasteiger partial charge on any atom is 0.327 e. The molecule has 1 aliphatic rings. The third kappa shape index (κ3) is 1.32. The van der Waals surface area contributed by atoms with Gasteiger partial charge in [-0.3, -0.25) is 19.3 Å². The lowest BCUT2D eigenvalue weighted by molar-refractivity contribution is 0.622. The lowest BCUT2D eigenvalue weighted by Gasteiger charge is -1.99. The van der Waals surface area contributed by atoms with Crippen molar-refractivity contribution in [2.75, 3.05) is 5.73 Å². The summed E-state index contributed by atoms with van der Waals surface area (Å²) in [5.74, 6) is 0.519. The van der Waals surface area contributed by atoms with Crippen molar-refractivity contribution in [3.8, 4) is 0 Å². The SMILES string of the molecule is Nc1nc2[nH]c(=O)n(CC3CC3)c2c(=O)[nH]1. The minimum atomic E-state index is -0.374. The van der Waals surface area contributed by atoms with Crippen molar-refractivity contribution in [3.63, 3.8) is 0 Å². The van der Waals surface area contributed by atoms with Crippen molar-refractivity contribution in [1.82, 2.24) is 19.5 Å². The van der Waals surface area contributed by atoms with Gasteiger partial charge in [-0.25, -0.2) is 4.79 Å². The average molecular weight is 221 g/mol. The number of nitrogens with zero attached hydrogens (tertiary/aromatic N) is 2. The molecule has 84 valence electrons. The topological polar surface area (TPSA) is 110 Å². The molecule has 16 heavy (non-hydrogen) atoms. The van der Waals surface area contributed by atoms with Crippen LogP contribution in [0.3, 0.4) is 0 Å². The number of anilines is 1. The van der Waals surface area contributed by atoms with E-state index in [1.165, 1.54) is 4.57 Å². The molecule has 0 spiro atoms. The summed E-state index contributed by atoms with van der Waals surface area (Å²) in [4.78, 5) is 32.1. The van der Waals surface area contributed by atoms with Gasteiger partial charge in [0, 0.05) is 6.54 Å². The van der Waals surface area contributed by atoms with Crippen LogP contribution >= 0.6 is 0 Å². The van der Waals surface area contributed by atoms with E-state index >= 15 is 0 Å². The zero-order chi connectivity index (χ0) is 11.3. The van der Waals surface area contributed by atoms with Crippen molar-refractivity contribution in [3.05, 3.63) is 20.8 Å². The standard InChI is InChI=1S/C9H11N5O2/c10-8-11-6-5(7(15)13-8)14(9(16)12-6)3-4-1-2-4/h4H,1-3H2,(H4,10,11,12,13,15,16). The van der Waals surface area contributed by atoms with Gasteiger partial charge in [-0.05, 0) is 18.8 Å². The van der Waals surface area contributed by atoms with E-state index in [9.17, 15) is 9.59 Å². The second-order valence-electron chi connectivity index (χ2n) is 4.13. The molecule has 1 saturated carbocycles. The molecular weight excluding hydrogens is 210 g/mol. The molecule has 0 aromatic carbocycles. The van der Waals surface area contributed by atoms with Crippen LogP contribution in [0.2, 0.25) is 0 Å². The normalized spacial score (nSPS) is 15.8. The average Bonchev–Trinajstić information content (AvgIpc) is 2.93. The molecule has 0 amide bonds. The minimum Gasteiger partial charge on any atom is -0.369 e. The summed E-state index contributed by atoms with van der Waals surface area (Å²) in [5.41, 5.74) is 5.27. The highest BCUT2D eigenvalue weighted by Gasteiger charge is 2.24. The number of nitrogens with two attached hydrogens (primary N) is 1. The molecule has 1 aliphatic carbocycles. The molecule has 7 heteroatoms. The first-order chi connectivity index (χ1) is 7.65. The smallest absolute Gasteiger partial charge is 0.327 e. The second kappa shape index (κ2) is 2.97. The Hall–Kier alpha value is -2.05. The molecule has 0 radical (unpaired) electrons. The van der Waals surface area contributed by atoms with Gasteiger partial charge in [0.15, 0.2) is 11.2 Å². The molecule has 3 rings (SSSR count). The Morgan fingerprint density at radius 1 is 1.38 bits per heavy atom. The first kappa shape index (κ1) is 9.20. The van der Waals surface area contributed by atoms with Gasteiger partial charge in [0.05, 0.1) is 0 Å². The fraction of sp³-hybridized carbons (Fsp3) is 0.444. The summed E-state index contributed by atoms with van der Waals surface area (Å²) in [7, 11) is 0. The lowest BCUT2D eigenvalue weighted by atomic mass is 10.4. The van der Waals surface area contributed by atoms with Crippen LogP contribution in [0.4, 0.5) is 5.95 Å². The van der Waals surface area contributed by atoms with Gasteiger partial charge >= 0.3 is 5.69 Å². The molecule has 2 aromatic rings. The number of aromatic nitrogens is 4. The van der Waals surface area contributed by atoms with Crippen LogP contribution in [0.25, 0.3) is 11.2 Å². The van der Waals surface area contributed by atoms with E-state index in [1.807, 2.05) is 0 Å². The number of nitrogen functional groups attached to an aromatic ring is 1. The Balaban J connectivity index is 2.29. The predicted octanol–water partition coefficient (Wildman–Crippen LogP) is -0.595. The van der Waals surface area contributed by atoms with Gasteiger partial charge < -0.3 is 5.73 Å².